The van der Waals surface area contributed by atoms with E-state index in [-0.39, 0.29) is 18.3 Å². The molecular formula is C22H20FNO3S2. The molecule has 0 spiro atoms. The van der Waals surface area contributed by atoms with Crippen LogP contribution in [0.4, 0.5) is 4.39 Å². The van der Waals surface area contributed by atoms with Crippen molar-refractivity contribution in [2.24, 2.45) is 0 Å². The van der Waals surface area contributed by atoms with Crippen LogP contribution in [0.1, 0.15) is 18.1 Å². The van der Waals surface area contributed by atoms with E-state index in [4.69, 9.17) is 21.7 Å². The lowest BCUT2D eigenvalue weighted by atomic mass is 10.1. The first-order chi connectivity index (χ1) is 14.0. The maximum absolute atomic E-state index is 13.8. The third-order valence-electron chi connectivity index (χ3n) is 4.09. The first kappa shape index (κ1) is 21.1. The van der Waals surface area contributed by atoms with Crippen LogP contribution in [0.15, 0.2) is 60.0 Å². The van der Waals surface area contributed by atoms with Gasteiger partial charge in [-0.25, -0.2) is 4.39 Å². The van der Waals surface area contributed by atoms with Crippen molar-refractivity contribution in [3.8, 4) is 11.5 Å². The lowest BCUT2D eigenvalue weighted by Crippen LogP contribution is -2.27. The van der Waals surface area contributed by atoms with Crippen LogP contribution < -0.4 is 9.47 Å². The second kappa shape index (κ2) is 9.71. The maximum atomic E-state index is 13.8. The van der Waals surface area contributed by atoms with Crippen molar-refractivity contribution in [3.05, 3.63) is 77.0 Å². The molecule has 2 aromatic carbocycles. The number of carbonyl (C=O) groups excluding carboxylic acids is 1. The first-order valence-corrected chi connectivity index (χ1v) is 10.2. The van der Waals surface area contributed by atoms with E-state index >= 15 is 0 Å². The van der Waals surface area contributed by atoms with Crippen molar-refractivity contribution in [2.45, 2.75) is 13.5 Å². The average molecular weight is 430 g/mol. The van der Waals surface area contributed by atoms with Crippen molar-refractivity contribution >= 4 is 40.3 Å². The van der Waals surface area contributed by atoms with Gasteiger partial charge >= 0.3 is 0 Å². The molecule has 0 atom stereocenters. The molecule has 150 valence electrons. The summed E-state index contributed by atoms with van der Waals surface area (Å²) < 4.78 is 25.8. The molecule has 7 heteroatoms. The van der Waals surface area contributed by atoms with Gasteiger partial charge in [0.25, 0.3) is 5.91 Å². The summed E-state index contributed by atoms with van der Waals surface area (Å²) in [5.74, 6) is 0.576. The van der Waals surface area contributed by atoms with Crippen molar-refractivity contribution in [1.82, 2.24) is 4.90 Å². The number of hydrogen-bond acceptors (Lipinski definition) is 5. The molecule has 0 aromatic heterocycles. The monoisotopic (exact) mass is 429 g/mol. The van der Waals surface area contributed by atoms with E-state index in [1.165, 1.54) is 22.7 Å². The number of rotatable bonds is 8. The van der Waals surface area contributed by atoms with Crippen molar-refractivity contribution in [1.29, 1.82) is 0 Å². The van der Waals surface area contributed by atoms with Gasteiger partial charge in [0.2, 0.25) is 0 Å². The van der Waals surface area contributed by atoms with Gasteiger partial charge in [-0.1, -0.05) is 54.3 Å². The SMILES string of the molecule is C=CCN1C(=O)/C(=C\c2ccc(OCc3ccccc3F)c(OCC)c2)SC1=S. The molecule has 1 heterocycles. The summed E-state index contributed by atoms with van der Waals surface area (Å²) in [6.07, 6.45) is 3.41. The van der Waals surface area contributed by atoms with Crippen LogP contribution in [0.3, 0.4) is 0 Å². The summed E-state index contributed by atoms with van der Waals surface area (Å²) in [4.78, 5) is 14.5. The van der Waals surface area contributed by atoms with Crippen molar-refractivity contribution in [2.75, 3.05) is 13.2 Å². The number of thiocarbonyl (C=S) groups is 1. The van der Waals surface area contributed by atoms with Gasteiger partial charge in [0.15, 0.2) is 11.5 Å². The van der Waals surface area contributed by atoms with Gasteiger partial charge in [0.05, 0.1) is 11.5 Å². The predicted molar refractivity (Wildman–Crippen MR) is 118 cm³/mol. The van der Waals surface area contributed by atoms with Crippen molar-refractivity contribution < 1.29 is 18.7 Å². The molecule has 1 amide bonds. The standard InChI is InChI=1S/C22H20FNO3S2/c1-3-11-24-21(25)20(29-22(24)28)13-15-9-10-18(19(12-15)26-4-2)27-14-16-7-5-6-8-17(16)23/h3,5-10,12-13H,1,4,11,14H2,2H3/b20-13+. The normalized spacial score (nSPS) is 15.1. The summed E-state index contributed by atoms with van der Waals surface area (Å²) in [5, 5.41) is 0. The predicted octanol–water partition coefficient (Wildman–Crippen LogP) is 5.19. The molecule has 2 aromatic rings. The summed E-state index contributed by atoms with van der Waals surface area (Å²) in [7, 11) is 0. The maximum Gasteiger partial charge on any atom is 0.266 e. The first-order valence-electron chi connectivity index (χ1n) is 9.02. The minimum Gasteiger partial charge on any atom is -0.490 e. The lowest BCUT2D eigenvalue weighted by Gasteiger charge is -2.13. The molecule has 3 rings (SSSR count). The Morgan fingerprint density at radius 1 is 1.21 bits per heavy atom. The smallest absolute Gasteiger partial charge is 0.266 e. The topological polar surface area (TPSA) is 38.8 Å². The number of hydrogen-bond donors (Lipinski definition) is 0. The Labute approximate surface area is 179 Å². The molecule has 1 aliphatic heterocycles. The largest absolute Gasteiger partial charge is 0.490 e. The quantitative estimate of drug-likeness (QED) is 0.328. The summed E-state index contributed by atoms with van der Waals surface area (Å²) >= 11 is 6.52. The van der Waals surface area contributed by atoms with E-state index in [1.807, 2.05) is 13.0 Å². The number of nitrogens with zero attached hydrogens (tertiary/aromatic N) is 1. The molecular weight excluding hydrogens is 409 g/mol. The lowest BCUT2D eigenvalue weighted by molar-refractivity contribution is -0.121. The molecule has 1 aliphatic rings. The van der Waals surface area contributed by atoms with E-state index in [0.717, 1.165) is 5.56 Å². The summed E-state index contributed by atoms with van der Waals surface area (Å²) in [6, 6.07) is 11.8. The summed E-state index contributed by atoms with van der Waals surface area (Å²) in [6.45, 7) is 6.44. The van der Waals surface area contributed by atoms with Crippen LogP contribution in [0.2, 0.25) is 0 Å². The van der Waals surface area contributed by atoms with E-state index < -0.39 is 0 Å². The minimum absolute atomic E-state index is 0.0896. The van der Waals surface area contributed by atoms with Gasteiger partial charge in [-0.2, -0.15) is 0 Å². The highest BCUT2D eigenvalue weighted by atomic mass is 32.2. The summed E-state index contributed by atoms with van der Waals surface area (Å²) in [5.41, 5.74) is 1.25. The zero-order chi connectivity index (χ0) is 20.8. The van der Waals surface area contributed by atoms with Crippen LogP contribution in [0.5, 0.6) is 11.5 Å². The second-order valence-electron chi connectivity index (χ2n) is 6.10. The highest BCUT2D eigenvalue weighted by Crippen LogP contribution is 2.35. The van der Waals surface area contributed by atoms with Gasteiger partial charge in [0, 0.05) is 12.1 Å². The fraction of sp³-hybridized carbons (Fsp3) is 0.182. The van der Waals surface area contributed by atoms with Crippen LogP contribution in [-0.4, -0.2) is 28.3 Å². The Bertz CT molecular complexity index is 974. The third-order valence-corrected chi connectivity index (χ3v) is 5.47. The second-order valence-corrected chi connectivity index (χ2v) is 7.78. The minimum atomic E-state index is -0.316. The van der Waals surface area contributed by atoms with Crippen LogP contribution in [0, 0.1) is 5.82 Å². The fourth-order valence-corrected chi connectivity index (χ4v) is 3.99. The van der Waals surface area contributed by atoms with E-state index in [0.29, 0.717) is 39.4 Å². The molecule has 0 unspecified atom stereocenters. The molecule has 1 saturated heterocycles. The average Bonchev–Trinajstić information content (AvgIpc) is 2.96. The highest BCUT2D eigenvalue weighted by molar-refractivity contribution is 8.26. The van der Waals surface area contributed by atoms with Crippen LogP contribution in [-0.2, 0) is 11.4 Å². The Hall–Kier alpha value is -2.64. The number of ether oxygens (including phenoxy) is 2. The number of benzene rings is 2. The van der Waals surface area contributed by atoms with Gasteiger partial charge in [0.1, 0.15) is 16.7 Å². The Kier molecular flexibility index (Phi) is 7.06. The Balaban J connectivity index is 1.81. The number of thioether (sulfide) groups is 1. The van der Waals surface area contributed by atoms with Crippen LogP contribution in [0.25, 0.3) is 6.08 Å². The van der Waals surface area contributed by atoms with Crippen LogP contribution >= 0.6 is 24.0 Å². The zero-order valence-corrected chi connectivity index (χ0v) is 17.5. The van der Waals surface area contributed by atoms with Gasteiger partial charge in [-0.15, -0.1) is 6.58 Å². The zero-order valence-electron chi connectivity index (χ0n) is 15.9. The Morgan fingerprint density at radius 2 is 2.00 bits per heavy atom. The third kappa shape index (κ3) is 5.05. The fourth-order valence-electron chi connectivity index (χ4n) is 2.71. The molecule has 0 saturated carbocycles. The molecule has 1 fully saturated rings. The molecule has 0 aliphatic carbocycles. The number of amides is 1. The molecule has 0 N–H and O–H groups in total. The number of carbonyl (C=O) groups is 1. The van der Waals surface area contributed by atoms with Gasteiger partial charge in [-0.05, 0) is 36.8 Å². The molecule has 0 radical (unpaired) electrons. The molecule has 0 bridgehead atoms. The Morgan fingerprint density at radius 3 is 2.72 bits per heavy atom. The van der Waals surface area contributed by atoms with E-state index in [1.54, 1.807) is 42.5 Å². The number of halogens is 1. The van der Waals surface area contributed by atoms with E-state index in [2.05, 4.69) is 6.58 Å². The molecule has 29 heavy (non-hydrogen) atoms. The van der Waals surface area contributed by atoms with Gasteiger partial charge < -0.3 is 9.47 Å². The van der Waals surface area contributed by atoms with Gasteiger partial charge in [-0.3, -0.25) is 9.69 Å². The molecule has 4 nitrogen and oxygen atoms in total. The highest BCUT2D eigenvalue weighted by Gasteiger charge is 2.31. The van der Waals surface area contributed by atoms with E-state index in [9.17, 15) is 9.18 Å². The van der Waals surface area contributed by atoms with Crippen molar-refractivity contribution in [3.63, 3.8) is 0 Å².